The first-order valence-corrected chi connectivity index (χ1v) is 6.04. The second-order valence-electron chi connectivity index (χ2n) is 4.02. The van der Waals surface area contributed by atoms with E-state index < -0.39 is 0 Å². The summed E-state index contributed by atoms with van der Waals surface area (Å²) in [6.45, 7) is 1.01. The van der Waals surface area contributed by atoms with Crippen LogP contribution >= 0.6 is 15.9 Å². The summed E-state index contributed by atoms with van der Waals surface area (Å²) in [5, 5.41) is 3.40. The topological polar surface area (TPSA) is 12.0 Å². The van der Waals surface area contributed by atoms with E-state index in [4.69, 9.17) is 0 Å². The summed E-state index contributed by atoms with van der Waals surface area (Å²) in [6.07, 6.45) is 8.20. The maximum atomic E-state index is 13.2. The normalized spacial score (nSPS) is 33.6. The number of allylic oxidation sites excluding steroid dienone is 2. The maximum absolute atomic E-state index is 13.2. The third-order valence-electron chi connectivity index (χ3n) is 2.97. The molecule has 3 heteroatoms. The molecule has 1 nitrogen and oxygen atoms in total. The molecule has 1 N–H and O–H groups in total. The van der Waals surface area contributed by atoms with Gasteiger partial charge in [-0.1, -0.05) is 28.8 Å². The van der Waals surface area contributed by atoms with E-state index in [1.807, 2.05) is 0 Å². The van der Waals surface area contributed by atoms with Crippen molar-refractivity contribution in [2.75, 3.05) is 6.54 Å². The molecule has 2 rings (SSSR count). The molecule has 2 aliphatic rings. The van der Waals surface area contributed by atoms with Gasteiger partial charge in [0.2, 0.25) is 0 Å². The van der Waals surface area contributed by atoms with E-state index in [0.717, 1.165) is 17.4 Å². The fraction of sp³-hybridized carbons (Fsp3) is 0.636. The van der Waals surface area contributed by atoms with E-state index in [9.17, 15) is 4.39 Å². The van der Waals surface area contributed by atoms with Crippen LogP contribution < -0.4 is 5.32 Å². The summed E-state index contributed by atoms with van der Waals surface area (Å²) in [7, 11) is 0. The third kappa shape index (κ3) is 2.26. The molecule has 2 unspecified atom stereocenters. The first-order valence-electron chi connectivity index (χ1n) is 5.25. The monoisotopic (exact) mass is 259 g/mol. The van der Waals surface area contributed by atoms with Crippen LogP contribution in [0, 0.1) is 5.92 Å². The minimum absolute atomic E-state index is 0.119. The van der Waals surface area contributed by atoms with Crippen molar-refractivity contribution < 1.29 is 4.39 Å². The highest BCUT2D eigenvalue weighted by atomic mass is 79.9. The van der Waals surface area contributed by atoms with Crippen LogP contribution in [0.25, 0.3) is 0 Å². The van der Waals surface area contributed by atoms with Crippen LogP contribution in [-0.2, 0) is 0 Å². The molecule has 14 heavy (non-hydrogen) atoms. The minimum Gasteiger partial charge on any atom is -0.310 e. The highest BCUT2D eigenvalue weighted by molar-refractivity contribution is 9.11. The molecule has 0 spiro atoms. The largest absolute Gasteiger partial charge is 0.310 e. The minimum atomic E-state index is -0.119. The van der Waals surface area contributed by atoms with Gasteiger partial charge in [0.05, 0.1) is 0 Å². The maximum Gasteiger partial charge on any atom is 0.121 e. The van der Waals surface area contributed by atoms with Crippen molar-refractivity contribution in [1.82, 2.24) is 5.32 Å². The highest BCUT2D eigenvalue weighted by Gasteiger charge is 2.26. The fourth-order valence-corrected chi connectivity index (χ4v) is 2.93. The number of fused-ring (bicyclic) bond motifs is 1. The van der Waals surface area contributed by atoms with Gasteiger partial charge in [0.25, 0.3) is 0 Å². The molecule has 1 aliphatic carbocycles. The van der Waals surface area contributed by atoms with E-state index >= 15 is 0 Å². The van der Waals surface area contributed by atoms with Crippen LogP contribution in [0.1, 0.15) is 25.7 Å². The van der Waals surface area contributed by atoms with Gasteiger partial charge in [-0.05, 0) is 31.5 Å². The van der Waals surface area contributed by atoms with Gasteiger partial charge in [0.1, 0.15) is 5.83 Å². The van der Waals surface area contributed by atoms with Crippen molar-refractivity contribution >= 4 is 15.9 Å². The fourth-order valence-electron chi connectivity index (χ4n) is 2.20. The van der Waals surface area contributed by atoms with Crippen molar-refractivity contribution in [2.45, 2.75) is 31.7 Å². The van der Waals surface area contributed by atoms with Gasteiger partial charge in [0, 0.05) is 16.4 Å². The molecule has 0 aromatic rings. The van der Waals surface area contributed by atoms with Gasteiger partial charge in [-0.3, -0.25) is 0 Å². The van der Waals surface area contributed by atoms with Gasteiger partial charge in [-0.15, -0.1) is 0 Å². The van der Waals surface area contributed by atoms with Crippen molar-refractivity contribution in [1.29, 1.82) is 0 Å². The number of nitrogens with one attached hydrogen (secondary N) is 1. The predicted octanol–water partition coefficient (Wildman–Crippen LogP) is 3.28. The first-order chi connectivity index (χ1) is 6.77. The molecule has 0 amide bonds. The number of hydrogen-bond acceptors (Lipinski definition) is 1. The molecule has 1 saturated heterocycles. The highest BCUT2D eigenvalue weighted by Crippen LogP contribution is 2.33. The summed E-state index contributed by atoms with van der Waals surface area (Å²) in [6, 6.07) is 0.190. The Labute approximate surface area is 92.6 Å². The quantitative estimate of drug-likeness (QED) is 0.704. The van der Waals surface area contributed by atoms with Crippen molar-refractivity contribution in [2.24, 2.45) is 5.92 Å². The Kier molecular flexibility index (Phi) is 3.39. The summed E-state index contributed by atoms with van der Waals surface area (Å²) in [4.78, 5) is 0. The van der Waals surface area contributed by atoms with E-state index in [0.29, 0.717) is 5.92 Å². The summed E-state index contributed by atoms with van der Waals surface area (Å²) in [5.74, 6) is 0.320. The summed E-state index contributed by atoms with van der Waals surface area (Å²) >= 11 is 3.47. The zero-order valence-electron chi connectivity index (χ0n) is 8.10. The lowest BCUT2D eigenvalue weighted by atomic mass is 9.88. The molecule has 0 radical (unpaired) electrons. The second kappa shape index (κ2) is 4.58. The predicted molar refractivity (Wildman–Crippen MR) is 59.9 cm³/mol. The molecule has 2 atom stereocenters. The zero-order chi connectivity index (χ0) is 9.97. The Morgan fingerprint density at radius 2 is 2.21 bits per heavy atom. The Morgan fingerprint density at radius 1 is 1.36 bits per heavy atom. The van der Waals surface area contributed by atoms with Crippen molar-refractivity contribution in [3.63, 3.8) is 0 Å². The van der Waals surface area contributed by atoms with Crippen molar-refractivity contribution in [3.05, 3.63) is 22.5 Å². The van der Waals surface area contributed by atoms with Crippen LogP contribution in [0.3, 0.4) is 0 Å². The molecule has 0 aromatic heterocycles. The van der Waals surface area contributed by atoms with Crippen LogP contribution in [-0.4, -0.2) is 12.6 Å². The Balaban J connectivity index is 2.14. The van der Waals surface area contributed by atoms with Crippen LogP contribution in [0.4, 0.5) is 4.39 Å². The van der Waals surface area contributed by atoms with Gasteiger partial charge in [0.15, 0.2) is 0 Å². The van der Waals surface area contributed by atoms with Gasteiger partial charge in [-0.2, -0.15) is 0 Å². The Morgan fingerprint density at radius 3 is 3.07 bits per heavy atom. The summed E-state index contributed by atoms with van der Waals surface area (Å²) < 4.78 is 14.2. The van der Waals surface area contributed by atoms with Crippen LogP contribution in [0.5, 0.6) is 0 Å². The molecule has 1 heterocycles. The Hall–Kier alpha value is -0.150. The molecule has 1 fully saturated rings. The molecule has 0 bridgehead atoms. The lowest BCUT2D eigenvalue weighted by Crippen LogP contribution is -2.38. The molecule has 1 aliphatic heterocycles. The SMILES string of the molecule is FC1=CC2NCCCCCC2C(Br)=C1. The van der Waals surface area contributed by atoms with Crippen LogP contribution in [0.15, 0.2) is 22.5 Å². The average Bonchev–Trinajstić information content (AvgIpc) is 2.07. The molecule has 78 valence electrons. The first kappa shape index (κ1) is 10.4. The van der Waals surface area contributed by atoms with E-state index in [-0.39, 0.29) is 11.9 Å². The lowest BCUT2D eigenvalue weighted by Gasteiger charge is -2.30. The average molecular weight is 260 g/mol. The second-order valence-corrected chi connectivity index (χ2v) is 4.93. The smallest absolute Gasteiger partial charge is 0.121 e. The number of halogens is 2. The van der Waals surface area contributed by atoms with E-state index in [1.165, 1.54) is 19.3 Å². The number of hydrogen-bond donors (Lipinski definition) is 1. The van der Waals surface area contributed by atoms with Crippen LogP contribution in [0.2, 0.25) is 0 Å². The van der Waals surface area contributed by atoms with Gasteiger partial charge >= 0.3 is 0 Å². The Bertz CT molecular complexity index is 272. The van der Waals surface area contributed by atoms with E-state index in [2.05, 4.69) is 21.2 Å². The molecule has 0 saturated carbocycles. The third-order valence-corrected chi connectivity index (χ3v) is 3.79. The van der Waals surface area contributed by atoms with Crippen molar-refractivity contribution in [3.8, 4) is 0 Å². The number of rotatable bonds is 0. The summed E-state index contributed by atoms with van der Waals surface area (Å²) in [5.41, 5.74) is 0. The van der Waals surface area contributed by atoms with Gasteiger partial charge in [-0.25, -0.2) is 4.39 Å². The molecular formula is C11H15BrFN. The van der Waals surface area contributed by atoms with E-state index in [1.54, 1.807) is 12.2 Å². The zero-order valence-corrected chi connectivity index (χ0v) is 9.69. The lowest BCUT2D eigenvalue weighted by molar-refractivity contribution is 0.381. The molecular weight excluding hydrogens is 245 g/mol. The van der Waals surface area contributed by atoms with Gasteiger partial charge < -0.3 is 5.32 Å². The molecule has 0 aromatic carbocycles. The standard InChI is InChI=1S/C11H15BrFN/c12-10-6-8(13)7-11-9(10)4-2-1-3-5-14-11/h6-7,9,11,14H,1-5H2.